The highest BCUT2D eigenvalue weighted by molar-refractivity contribution is 6.78. The average molecular weight is 359 g/mol. The van der Waals surface area contributed by atoms with Gasteiger partial charge in [-0.15, -0.1) is 0 Å². The van der Waals surface area contributed by atoms with Crippen molar-refractivity contribution in [1.29, 1.82) is 0 Å². The van der Waals surface area contributed by atoms with E-state index in [9.17, 15) is 0 Å². The summed E-state index contributed by atoms with van der Waals surface area (Å²) >= 11 is 0. The van der Waals surface area contributed by atoms with Crippen molar-refractivity contribution < 1.29 is 0 Å². The molecule has 1 rings (SSSR count). The van der Waals surface area contributed by atoms with Crippen molar-refractivity contribution in [2.75, 3.05) is 84.6 Å². The van der Waals surface area contributed by atoms with Crippen molar-refractivity contribution >= 4 is 8.40 Å². The Labute approximate surface area is 152 Å². The summed E-state index contributed by atoms with van der Waals surface area (Å²) in [5.74, 6) is 0. The maximum atomic E-state index is 2.56. The van der Waals surface area contributed by atoms with Gasteiger partial charge in [0.15, 0.2) is 0 Å². The molecular weight excluding hydrogens is 316 g/mol. The highest BCUT2D eigenvalue weighted by Crippen LogP contribution is 2.51. The zero-order valence-corrected chi connectivity index (χ0v) is 19.3. The molecule has 0 amide bonds. The van der Waals surface area contributed by atoms with Crippen LogP contribution in [0.5, 0.6) is 0 Å². The van der Waals surface area contributed by atoms with E-state index < -0.39 is 8.40 Å². The molecule has 6 nitrogen and oxygen atoms in total. The fourth-order valence-electron chi connectivity index (χ4n) is 6.02. The number of likely N-dealkylation sites (N-methyl/N-ethyl adjacent to an activating group) is 4. The van der Waals surface area contributed by atoms with Crippen LogP contribution in [0.4, 0.5) is 0 Å². The average Bonchev–Trinajstić information content (AvgIpc) is 2.43. The van der Waals surface area contributed by atoms with Crippen molar-refractivity contribution in [3.63, 3.8) is 0 Å². The smallest absolute Gasteiger partial charge is 0.245 e. The van der Waals surface area contributed by atoms with E-state index in [0.29, 0.717) is 0 Å². The SMILES string of the molecule is CN(C)C1(N(C)C)CCC[Si](N(C)C)(N(C)C)C1(N(C)C)N(C)C. The molecule has 1 saturated heterocycles. The normalized spacial score (nSPS) is 23.2. The molecule has 1 heterocycles. The minimum absolute atomic E-state index is 0.0704. The summed E-state index contributed by atoms with van der Waals surface area (Å²) in [7, 11) is 25.1. The predicted molar refractivity (Wildman–Crippen MR) is 107 cm³/mol. The topological polar surface area (TPSA) is 19.4 Å². The van der Waals surface area contributed by atoms with Gasteiger partial charge in [-0.05, 0) is 103 Å². The van der Waals surface area contributed by atoms with Gasteiger partial charge >= 0.3 is 0 Å². The number of hydrogen-bond acceptors (Lipinski definition) is 6. The van der Waals surface area contributed by atoms with Gasteiger partial charge in [0, 0.05) is 0 Å². The standard InChI is InChI=1S/C17H42N6Si/c1-18(2)16(19(3)4)14-13-15-24(22(9)10,23(11)12)17(16,20(5)6)21(7)8/h13-15H2,1-12H3. The molecule has 0 radical (unpaired) electrons. The summed E-state index contributed by atoms with van der Waals surface area (Å²) in [6.45, 7) is 0. The molecule has 0 aliphatic carbocycles. The molecule has 144 valence electrons. The second kappa shape index (κ2) is 7.30. The third-order valence-corrected chi connectivity index (χ3v) is 12.8. The first-order valence-electron chi connectivity index (χ1n) is 8.92. The number of nitrogens with zero attached hydrogens (tertiary/aromatic N) is 6. The van der Waals surface area contributed by atoms with Crippen LogP contribution < -0.4 is 0 Å². The predicted octanol–water partition coefficient (Wildman–Crippen LogP) is 0.524. The molecule has 0 aromatic carbocycles. The third kappa shape index (κ3) is 2.52. The van der Waals surface area contributed by atoms with E-state index in [1.165, 1.54) is 18.9 Å². The van der Waals surface area contributed by atoms with Crippen LogP contribution in [-0.4, -0.2) is 133 Å². The summed E-state index contributed by atoms with van der Waals surface area (Å²) in [6, 6.07) is 1.27. The van der Waals surface area contributed by atoms with Crippen molar-refractivity contribution in [1.82, 2.24) is 28.7 Å². The summed E-state index contributed by atoms with van der Waals surface area (Å²) in [5, 5.41) is -0.0990. The van der Waals surface area contributed by atoms with Gasteiger partial charge in [0.1, 0.15) is 10.9 Å². The van der Waals surface area contributed by atoms with Crippen LogP contribution in [-0.2, 0) is 0 Å². The molecule has 24 heavy (non-hydrogen) atoms. The fourth-order valence-corrected chi connectivity index (χ4v) is 12.6. The molecule has 1 aliphatic rings. The monoisotopic (exact) mass is 358 g/mol. The number of hydrogen-bond donors (Lipinski definition) is 0. The highest BCUT2D eigenvalue weighted by Gasteiger charge is 2.73. The molecule has 0 N–H and O–H groups in total. The van der Waals surface area contributed by atoms with Crippen molar-refractivity contribution in [3.8, 4) is 0 Å². The summed E-state index contributed by atoms with van der Waals surface area (Å²) in [4.78, 5) is 9.92. The molecule has 7 heteroatoms. The Hall–Kier alpha value is -0.0231. The zero-order valence-electron chi connectivity index (χ0n) is 18.3. The molecule has 0 bridgehead atoms. The van der Waals surface area contributed by atoms with Gasteiger partial charge in [-0.25, -0.2) is 0 Å². The first kappa shape index (κ1) is 22.0. The first-order chi connectivity index (χ1) is 10.9. The van der Waals surface area contributed by atoms with Crippen LogP contribution in [0, 0.1) is 0 Å². The van der Waals surface area contributed by atoms with E-state index in [1.54, 1.807) is 0 Å². The van der Waals surface area contributed by atoms with Crippen molar-refractivity contribution in [2.24, 2.45) is 0 Å². The molecule has 0 spiro atoms. The van der Waals surface area contributed by atoms with E-state index in [4.69, 9.17) is 0 Å². The van der Waals surface area contributed by atoms with Gasteiger partial charge in [0.2, 0.25) is 8.40 Å². The number of rotatable bonds is 6. The van der Waals surface area contributed by atoms with Crippen LogP contribution in [0.15, 0.2) is 0 Å². The highest BCUT2D eigenvalue weighted by atomic mass is 28.4. The Morgan fingerprint density at radius 3 is 1.21 bits per heavy atom. The van der Waals surface area contributed by atoms with Crippen LogP contribution in [0.3, 0.4) is 0 Å². The third-order valence-electron chi connectivity index (χ3n) is 6.42. The lowest BCUT2D eigenvalue weighted by Gasteiger charge is -2.72. The summed E-state index contributed by atoms with van der Waals surface area (Å²) in [5.41, 5.74) is -0.0704. The van der Waals surface area contributed by atoms with Gasteiger partial charge < -0.3 is 9.13 Å². The maximum Gasteiger partial charge on any atom is 0.245 e. The fraction of sp³-hybridized carbons (Fsp3) is 1.00. The minimum Gasteiger partial charge on any atom is -0.315 e. The van der Waals surface area contributed by atoms with E-state index in [-0.39, 0.29) is 10.9 Å². The summed E-state index contributed by atoms with van der Waals surface area (Å²) in [6.07, 6.45) is 2.42. The Kier molecular flexibility index (Phi) is 6.70. The largest absolute Gasteiger partial charge is 0.315 e. The maximum absolute atomic E-state index is 2.56. The van der Waals surface area contributed by atoms with Crippen LogP contribution in [0.25, 0.3) is 0 Å². The Morgan fingerprint density at radius 2 is 0.958 bits per heavy atom. The van der Waals surface area contributed by atoms with Gasteiger partial charge in [-0.2, -0.15) is 0 Å². The van der Waals surface area contributed by atoms with Crippen LogP contribution in [0.1, 0.15) is 12.8 Å². The quantitative estimate of drug-likeness (QED) is 0.506. The second-order valence-electron chi connectivity index (χ2n) is 8.53. The molecule has 0 aromatic rings. The van der Waals surface area contributed by atoms with Gasteiger partial charge in [-0.3, -0.25) is 19.6 Å². The zero-order chi connectivity index (χ0) is 19.1. The minimum atomic E-state index is -2.07. The molecule has 1 aliphatic heterocycles. The Bertz CT molecular complexity index is 365. The second-order valence-corrected chi connectivity index (χ2v) is 13.1. The van der Waals surface area contributed by atoms with E-state index in [1.807, 2.05) is 0 Å². The Morgan fingerprint density at radius 1 is 0.583 bits per heavy atom. The lowest BCUT2D eigenvalue weighted by atomic mass is 9.93. The van der Waals surface area contributed by atoms with E-state index in [0.717, 1.165) is 0 Å². The molecule has 0 atom stereocenters. The van der Waals surface area contributed by atoms with Crippen molar-refractivity contribution in [3.05, 3.63) is 0 Å². The van der Waals surface area contributed by atoms with Gasteiger partial charge in [0.05, 0.1) is 0 Å². The lowest BCUT2D eigenvalue weighted by Crippen LogP contribution is -2.94. The lowest BCUT2D eigenvalue weighted by molar-refractivity contribution is -0.160. The summed E-state index contributed by atoms with van der Waals surface area (Å²) < 4.78 is 5.13. The molecular formula is C17H42N6Si. The molecule has 1 fully saturated rings. The molecule has 0 saturated carbocycles. The Balaban J connectivity index is 3.99. The van der Waals surface area contributed by atoms with Crippen LogP contribution >= 0.6 is 0 Å². The van der Waals surface area contributed by atoms with Crippen LogP contribution in [0.2, 0.25) is 6.04 Å². The molecule has 0 unspecified atom stereocenters. The van der Waals surface area contributed by atoms with E-state index >= 15 is 0 Å². The van der Waals surface area contributed by atoms with Gasteiger partial charge in [0.25, 0.3) is 0 Å². The van der Waals surface area contributed by atoms with Gasteiger partial charge in [-0.1, -0.05) is 0 Å². The first-order valence-corrected chi connectivity index (χ1v) is 11.0. The molecule has 0 aromatic heterocycles. The van der Waals surface area contributed by atoms with E-state index in [2.05, 4.69) is 113 Å². The van der Waals surface area contributed by atoms with Crippen molar-refractivity contribution in [2.45, 2.75) is 29.8 Å².